The van der Waals surface area contributed by atoms with Gasteiger partial charge >= 0.3 is 0 Å². The van der Waals surface area contributed by atoms with Crippen molar-refractivity contribution in [2.75, 3.05) is 13.2 Å². The van der Waals surface area contributed by atoms with Crippen LogP contribution in [0.4, 0.5) is 0 Å². The highest BCUT2D eigenvalue weighted by atomic mass is 35.5. The van der Waals surface area contributed by atoms with Gasteiger partial charge in [0.05, 0.1) is 12.5 Å². The third kappa shape index (κ3) is 4.43. The minimum atomic E-state index is -0.813. The molecule has 2 unspecified atom stereocenters. The Hall–Kier alpha value is -1.10. The van der Waals surface area contributed by atoms with Gasteiger partial charge in [-0.3, -0.25) is 4.79 Å². The van der Waals surface area contributed by atoms with Gasteiger partial charge in [0, 0.05) is 24.2 Å². The van der Waals surface area contributed by atoms with Gasteiger partial charge in [0.15, 0.2) is 0 Å². The van der Waals surface area contributed by atoms with E-state index < -0.39 is 6.10 Å². The number of likely N-dealkylation sites (tertiary alicyclic amines) is 1. The van der Waals surface area contributed by atoms with Crippen LogP contribution in [0.25, 0.3) is 0 Å². The molecule has 2 atom stereocenters. The van der Waals surface area contributed by atoms with E-state index in [-0.39, 0.29) is 25.0 Å². The van der Waals surface area contributed by atoms with Gasteiger partial charge in [0.1, 0.15) is 0 Å². The van der Waals surface area contributed by atoms with Gasteiger partial charge in [-0.05, 0) is 43.4 Å². The largest absolute Gasteiger partial charge is 0.396 e. The molecule has 116 valence electrons. The SMILES string of the molecule is O=C(CC(O)c1ccc(Cl)cc1)N1CCCCC1CCO. The fourth-order valence-corrected chi connectivity index (χ4v) is 2.99. The summed E-state index contributed by atoms with van der Waals surface area (Å²) in [5.41, 5.74) is 0.698. The van der Waals surface area contributed by atoms with Crippen molar-refractivity contribution in [2.45, 2.75) is 44.2 Å². The van der Waals surface area contributed by atoms with E-state index in [0.717, 1.165) is 25.8 Å². The molecule has 1 amide bonds. The Morgan fingerprint density at radius 3 is 2.71 bits per heavy atom. The number of halogens is 1. The summed E-state index contributed by atoms with van der Waals surface area (Å²) in [7, 11) is 0. The normalized spacial score (nSPS) is 20.3. The molecule has 2 N–H and O–H groups in total. The molecule has 1 fully saturated rings. The molecule has 1 aromatic carbocycles. The molecule has 0 radical (unpaired) electrons. The Morgan fingerprint density at radius 2 is 2.05 bits per heavy atom. The molecule has 21 heavy (non-hydrogen) atoms. The third-order valence-corrected chi connectivity index (χ3v) is 4.28. The van der Waals surface area contributed by atoms with Gasteiger partial charge in [-0.2, -0.15) is 0 Å². The number of aliphatic hydroxyl groups is 2. The van der Waals surface area contributed by atoms with E-state index in [1.54, 1.807) is 24.3 Å². The predicted molar refractivity (Wildman–Crippen MR) is 82.1 cm³/mol. The Labute approximate surface area is 130 Å². The molecule has 0 saturated carbocycles. The van der Waals surface area contributed by atoms with Crippen LogP contribution in [0.1, 0.15) is 43.8 Å². The molecule has 5 heteroatoms. The Morgan fingerprint density at radius 1 is 1.33 bits per heavy atom. The fraction of sp³-hybridized carbons (Fsp3) is 0.562. The molecular formula is C16H22ClNO3. The Bertz CT molecular complexity index is 461. The summed E-state index contributed by atoms with van der Waals surface area (Å²) >= 11 is 5.82. The van der Waals surface area contributed by atoms with Gasteiger partial charge < -0.3 is 15.1 Å². The topological polar surface area (TPSA) is 60.8 Å². The first kappa shape index (κ1) is 16.3. The quantitative estimate of drug-likeness (QED) is 0.878. The first-order valence-electron chi connectivity index (χ1n) is 7.45. The number of piperidine rings is 1. The highest BCUT2D eigenvalue weighted by molar-refractivity contribution is 6.30. The van der Waals surface area contributed by atoms with E-state index in [2.05, 4.69) is 0 Å². The van der Waals surface area contributed by atoms with Crippen LogP contribution >= 0.6 is 11.6 Å². The minimum Gasteiger partial charge on any atom is -0.396 e. The van der Waals surface area contributed by atoms with Crippen LogP contribution < -0.4 is 0 Å². The standard InChI is InChI=1S/C16H22ClNO3/c17-13-6-4-12(5-7-13)15(20)11-16(21)18-9-2-1-3-14(18)8-10-19/h4-7,14-15,19-20H,1-3,8-11H2. The van der Waals surface area contributed by atoms with Gasteiger partial charge in [-0.15, -0.1) is 0 Å². The molecular weight excluding hydrogens is 290 g/mol. The van der Waals surface area contributed by atoms with Crippen molar-refractivity contribution in [1.82, 2.24) is 4.90 Å². The number of nitrogens with zero attached hydrogens (tertiary/aromatic N) is 1. The lowest BCUT2D eigenvalue weighted by Crippen LogP contribution is -2.44. The van der Waals surface area contributed by atoms with Crippen LogP contribution in [0.5, 0.6) is 0 Å². The molecule has 0 aromatic heterocycles. The summed E-state index contributed by atoms with van der Waals surface area (Å²) in [5.74, 6) is -0.0457. The average Bonchev–Trinajstić information content (AvgIpc) is 2.48. The molecule has 1 aliphatic rings. The molecule has 1 aromatic rings. The summed E-state index contributed by atoms with van der Waals surface area (Å²) in [6, 6.07) is 7.00. The summed E-state index contributed by atoms with van der Waals surface area (Å²) < 4.78 is 0. The molecule has 2 rings (SSSR count). The van der Waals surface area contributed by atoms with E-state index in [9.17, 15) is 9.90 Å². The maximum Gasteiger partial charge on any atom is 0.225 e. The Balaban J connectivity index is 1.97. The van der Waals surface area contributed by atoms with Crippen molar-refractivity contribution in [1.29, 1.82) is 0 Å². The zero-order chi connectivity index (χ0) is 15.2. The maximum atomic E-state index is 12.4. The van der Waals surface area contributed by atoms with Crippen molar-refractivity contribution >= 4 is 17.5 Å². The van der Waals surface area contributed by atoms with Gasteiger partial charge in [-0.25, -0.2) is 0 Å². The molecule has 1 aliphatic heterocycles. The van der Waals surface area contributed by atoms with Crippen molar-refractivity contribution in [3.63, 3.8) is 0 Å². The van der Waals surface area contributed by atoms with Crippen LogP contribution in [-0.4, -0.2) is 40.2 Å². The second kappa shape index (κ2) is 7.78. The van der Waals surface area contributed by atoms with Crippen molar-refractivity contribution < 1.29 is 15.0 Å². The van der Waals surface area contributed by atoms with Crippen LogP contribution in [0.2, 0.25) is 5.02 Å². The average molecular weight is 312 g/mol. The van der Waals surface area contributed by atoms with Crippen LogP contribution in [0.15, 0.2) is 24.3 Å². The summed E-state index contributed by atoms with van der Waals surface area (Å²) in [6.07, 6.45) is 2.89. The molecule has 1 saturated heterocycles. The van der Waals surface area contributed by atoms with Crippen LogP contribution in [0.3, 0.4) is 0 Å². The van der Waals surface area contributed by atoms with Gasteiger partial charge in [-0.1, -0.05) is 23.7 Å². The molecule has 4 nitrogen and oxygen atoms in total. The van der Waals surface area contributed by atoms with E-state index >= 15 is 0 Å². The lowest BCUT2D eigenvalue weighted by Gasteiger charge is -2.36. The summed E-state index contributed by atoms with van der Waals surface area (Å²) in [6.45, 7) is 0.811. The summed E-state index contributed by atoms with van der Waals surface area (Å²) in [5, 5.41) is 19.9. The number of aliphatic hydroxyl groups excluding tert-OH is 2. The molecule has 0 aliphatic carbocycles. The van der Waals surface area contributed by atoms with E-state index in [4.69, 9.17) is 16.7 Å². The van der Waals surface area contributed by atoms with Crippen molar-refractivity contribution in [3.8, 4) is 0 Å². The second-order valence-corrected chi connectivity index (χ2v) is 5.96. The number of carbonyl (C=O) groups is 1. The maximum absolute atomic E-state index is 12.4. The smallest absolute Gasteiger partial charge is 0.225 e. The van der Waals surface area contributed by atoms with E-state index in [0.29, 0.717) is 17.0 Å². The zero-order valence-electron chi connectivity index (χ0n) is 12.0. The van der Waals surface area contributed by atoms with Crippen LogP contribution in [0, 0.1) is 0 Å². The second-order valence-electron chi connectivity index (χ2n) is 5.52. The lowest BCUT2D eigenvalue weighted by atomic mass is 9.98. The first-order valence-corrected chi connectivity index (χ1v) is 7.83. The van der Waals surface area contributed by atoms with Gasteiger partial charge in [0.2, 0.25) is 5.91 Å². The predicted octanol–water partition coefficient (Wildman–Crippen LogP) is 2.53. The monoisotopic (exact) mass is 311 g/mol. The first-order chi connectivity index (χ1) is 10.1. The van der Waals surface area contributed by atoms with E-state index in [1.807, 2.05) is 4.90 Å². The minimum absolute atomic E-state index is 0.0457. The highest BCUT2D eigenvalue weighted by Crippen LogP contribution is 2.24. The number of hydrogen-bond acceptors (Lipinski definition) is 3. The highest BCUT2D eigenvalue weighted by Gasteiger charge is 2.27. The fourth-order valence-electron chi connectivity index (χ4n) is 2.86. The molecule has 1 heterocycles. The van der Waals surface area contributed by atoms with Crippen LogP contribution in [-0.2, 0) is 4.79 Å². The van der Waals surface area contributed by atoms with E-state index in [1.165, 1.54) is 0 Å². The zero-order valence-corrected chi connectivity index (χ0v) is 12.8. The number of amides is 1. The van der Waals surface area contributed by atoms with Crippen molar-refractivity contribution in [2.24, 2.45) is 0 Å². The third-order valence-electron chi connectivity index (χ3n) is 4.03. The van der Waals surface area contributed by atoms with Crippen molar-refractivity contribution in [3.05, 3.63) is 34.9 Å². The summed E-state index contributed by atoms with van der Waals surface area (Å²) in [4.78, 5) is 14.2. The molecule has 0 spiro atoms. The number of carbonyl (C=O) groups excluding carboxylic acids is 1. The molecule has 0 bridgehead atoms. The lowest BCUT2D eigenvalue weighted by molar-refractivity contribution is -0.137. The Kier molecular flexibility index (Phi) is 6.03. The number of benzene rings is 1. The van der Waals surface area contributed by atoms with Gasteiger partial charge in [0.25, 0.3) is 0 Å². The number of hydrogen-bond donors (Lipinski definition) is 2. The number of rotatable bonds is 5.